The first-order valence-electron chi connectivity index (χ1n) is 10.8. The Kier molecular flexibility index (Phi) is 9.78. The largest absolute Gasteiger partial charge is 0.416 e. The third-order valence-electron chi connectivity index (χ3n) is 5.24. The van der Waals surface area contributed by atoms with E-state index < -0.39 is 42.0 Å². The number of amides is 3. The van der Waals surface area contributed by atoms with Crippen LogP contribution in [-0.2, 0) is 27.1 Å². The zero-order valence-corrected chi connectivity index (χ0v) is 20.0. The van der Waals surface area contributed by atoms with Crippen molar-refractivity contribution in [3.63, 3.8) is 0 Å². The number of nitrogens with zero attached hydrogens (tertiary/aromatic N) is 1. The number of likely N-dealkylation sites (N-methyl/N-ethyl adjacent to an activating group) is 1. The average Bonchev–Trinajstić information content (AvgIpc) is 2.81. The van der Waals surface area contributed by atoms with Crippen LogP contribution in [-0.4, -0.2) is 56.1 Å². The van der Waals surface area contributed by atoms with E-state index in [9.17, 15) is 27.6 Å². The second-order valence-corrected chi connectivity index (χ2v) is 7.96. The Morgan fingerprint density at radius 2 is 1.80 bits per heavy atom. The Bertz CT molecular complexity index is 1060. The Morgan fingerprint density at radius 1 is 1.09 bits per heavy atom. The van der Waals surface area contributed by atoms with Crippen LogP contribution in [0.3, 0.4) is 0 Å². The molecule has 3 amide bonds. The maximum atomic E-state index is 12.9. The molecule has 0 saturated carbocycles. The van der Waals surface area contributed by atoms with Crippen LogP contribution in [0.2, 0.25) is 0 Å². The molecule has 190 valence electrons. The van der Waals surface area contributed by atoms with Crippen molar-refractivity contribution in [2.45, 2.75) is 32.6 Å². The zero-order chi connectivity index (χ0) is 26.2. The van der Waals surface area contributed by atoms with Crippen LogP contribution >= 0.6 is 0 Å². The van der Waals surface area contributed by atoms with Gasteiger partial charge in [0.2, 0.25) is 5.91 Å². The normalized spacial score (nSPS) is 12.1. The van der Waals surface area contributed by atoms with Crippen LogP contribution in [0.1, 0.15) is 32.6 Å². The number of carbonyl (C=O) groups is 3. The van der Waals surface area contributed by atoms with Gasteiger partial charge in [-0.1, -0.05) is 29.8 Å². The lowest BCUT2D eigenvalue weighted by atomic mass is 10.1. The summed E-state index contributed by atoms with van der Waals surface area (Å²) in [5.74, 6) is -2.07. The monoisotopic (exact) mass is 494 g/mol. The minimum absolute atomic E-state index is 0.0766. The molecule has 0 fully saturated rings. The highest BCUT2D eigenvalue weighted by Crippen LogP contribution is 2.29. The van der Waals surface area contributed by atoms with Crippen LogP contribution in [0.4, 0.5) is 13.2 Å². The lowest BCUT2D eigenvalue weighted by Gasteiger charge is -2.23. The van der Waals surface area contributed by atoms with Crippen molar-refractivity contribution in [3.8, 4) is 0 Å². The fraction of sp³-hybridized carbons (Fsp3) is 0.375. The molecule has 1 atom stereocenters. The second kappa shape index (κ2) is 12.3. The first-order valence-corrected chi connectivity index (χ1v) is 10.8. The number of rotatable bonds is 10. The molecule has 0 aromatic heterocycles. The summed E-state index contributed by atoms with van der Waals surface area (Å²) in [5, 5.41) is 8.87. The number of alkyl halides is 3. The minimum atomic E-state index is -4.60. The summed E-state index contributed by atoms with van der Waals surface area (Å²) in [6.45, 7) is 3.95. The predicted molar refractivity (Wildman–Crippen MR) is 123 cm³/mol. The molecular formula is C24H29F3N4O4. The quantitative estimate of drug-likeness (QED) is 0.441. The Labute approximate surface area is 201 Å². The summed E-state index contributed by atoms with van der Waals surface area (Å²) in [6.07, 6.45) is -4.60. The van der Waals surface area contributed by atoms with Crippen LogP contribution < -0.4 is 16.0 Å². The van der Waals surface area contributed by atoms with Crippen molar-refractivity contribution in [3.05, 3.63) is 70.3 Å². The molecule has 0 spiro atoms. The molecule has 0 heterocycles. The Balaban J connectivity index is 1.97. The van der Waals surface area contributed by atoms with Crippen molar-refractivity contribution in [2.24, 2.45) is 0 Å². The standard InChI is InChI=1S/C24H29F3N4O4/c1-15-8-9-18(16(2)10-15)12-28-13-20(23(34)31(3)35-4)30-21(32)14-29-22(33)17-6-5-7-19(11-17)24(25,26)27/h5-11,20,28H,12-14H2,1-4H3,(H,29,33)(H,30,32)/t20-/m0/s1. The molecule has 35 heavy (non-hydrogen) atoms. The molecule has 3 N–H and O–H groups in total. The number of halogens is 3. The number of hydrogen-bond acceptors (Lipinski definition) is 5. The first-order chi connectivity index (χ1) is 16.4. The molecule has 11 heteroatoms. The van der Waals surface area contributed by atoms with E-state index in [0.29, 0.717) is 12.6 Å². The highest BCUT2D eigenvalue weighted by Gasteiger charge is 2.31. The lowest BCUT2D eigenvalue weighted by Crippen LogP contribution is -2.53. The van der Waals surface area contributed by atoms with E-state index in [0.717, 1.165) is 33.9 Å². The van der Waals surface area contributed by atoms with E-state index in [4.69, 9.17) is 4.84 Å². The van der Waals surface area contributed by atoms with Gasteiger partial charge in [0.15, 0.2) is 0 Å². The molecule has 0 aliphatic rings. The van der Waals surface area contributed by atoms with Gasteiger partial charge in [-0.05, 0) is 43.2 Å². The van der Waals surface area contributed by atoms with Crippen LogP contribution in [0.5, 0.6) is 0 Å². The summed E-state index contributed by atoms with van der Waals surface area (Å²) < 4.78 is 38.6. The van der Waals surface area contributed by atoms with E-state index in [1.54, 1.807) is 0 Å². The molecule has 0 radical (unpaired) electrons. The maximum absolute atomic E-state index is 12.9. The molecule has 0 bridgehead atoms. The van der Waals surface area contributed by atoms with Gasteiger partial charge >= 0.3 is 6.18 Å². The highest BCUT2D eigenvalue weighted by molar-refractivity contribution is 5.97. The number of hydrogen-bond donors (Lipinski definition) is 3. The van der Waals surface area contributed by atoms with Gasteiger partial charge < -0.3 is 16.0 Å². The SMILES string of the molecule is CON(C)C(=O)[C@H](CNCc1ccc(C)cc1C)NC(=O)CNC(=O)c1cccc(C(F)(F)F)c1. The first kappa shape index (κ1) is 27.8. The maximum Gasteiger partial charge on any atom is 0.416 e. The average molecular weight is 495 g/mol. The van der Waals surface area contributed by atoms with E-state index in [2.05, 4.69) is 16.0 Å². The van der Waals surface area contributed by atoms with E-state index >= 15 is 0 Å². The Morgan fingerprint density at radius 3 is 2.43 bits per heavy atom. The van der Waals surface area contributed by atoms with Crippen LogP contribution in [0.15, 0.2) is 42.5 Å². The van der Waals surface area contributed by atoms with Crippen molar-refractivity contribution >= 4 is 17.7 Å². The van der Waals surface area contributed by atoms with Gasteiger partial charge in [-0.15, -0.1) is 0 Å². The molecule has 8 nitrogen and oxygen atoms in total. The number of aryl methyl sites for hydroxylation is 2. The molecule has 0 aliphatic carbocycles. The summed E-state index contributed by atoms with van der Waals surface area (Å²) in [6, 6.07) is 8.82. The lowest BCUT2D eigenvalue weighted by molar-refractivity contribution is -0.171. The number of carbonyl (C=O) groups excluding carboxylic acids is 3. The topological polar surface area (TPSA) is 99.8 Å². The third-order valence-corrected chi connectivity index (χ3v) is 5.24. The van der Waals surface area contributed by atoms with Crippen molar-refractivity contribution in [2.75, 3.05) is 27.2 Å². The summed E-state index contributed by atoms with van der Waals surface area (Å²) >= 11 is 0. The van der Waals surface area contributed by atoms with Crippen LogP contribution in [0.25, 0.3) is 0 Å². The van der Waals surface area contributed by atoms with Crippen molar-refractivity contribution in [1.29, 1.82) is 0 Å². The third kappa shape index (κ3) is 8.37. The molecule has 2 aromatic rings. The number of nitrogens with one attached hydrogen (secondary N) is 3. The minimum Gasteiger partial charge on any atom is -0.343 e. The molecule has 2 aromatic carbocycles. The van der Waals surface area contributed by atoms with E-state index in [-0.39, 0.29) is 12.1 Å². The van der Waals surface area contributed by atoms with Gasteiger partial charge in [0, 0.05) is 25.7 Å². The fourth-order valence-electron chi connectivity index (χ4n) is 3.25. The van der Waals surface area contributed by atoms with Gasteiger partial charge in [0.25, 0.3) is 11.8 Å². The molecule has 0 aliphatic heterocycles. The van der Waals surface area contributed by atoms with Crippen LogP contribution in [0, 0.1) is 13.8 Å². The summed E-state index contributed by atoms with van der Waals surface area (Å²) in [4.78, 5) is 42.1. The van der Waals surface area contributed by atoms with Gasteiger partial charge in [-0.25, -0.2) is 5.06 Å². The number of benzene rings is 2. The molecule has 2 rings (SSSR count). The number of hydroxylamine groups is 2. The van der Waals surface area contributed by atoms with E-state index in [1.807, 2.05) is 32.0 Å². The van der Waals surface area contributed by atoms with Gasteiger partial charge in [-0.3, -0.25) is 19.2 Å². The fourth-order valence-corrected chi connectivity index (χ4v) is 3.25. The molecular weight excluding hydrogens is 465 g/mol. The smallest absolute Gasteiger partial charge is 0.343 e. The van der Waals surface area contributed by atoms with E-state index in [1.165, 1.54) is 20.2 Å². The van der Waals surface area contributed by atoms with Crippen molar-refractivity contribution in [1.82, 2.24) is 21.0 Å². The van der Waals surface area contributed by atoms with Crippen molar-refractivity contribution < 1.29 is 32.4 Å². The highest BCUT2D eigenvalue weighted by atomic mass is 19.4. The molecule has 0 saturated heterocycles. The molecule has 0 unspecified atom stereocenters. The predicted octanol–water partition coefficient (Wildman–Crippen LogP) is 2.35. The summed E-state index contributed by atoms with van der Waals surface area (Å²) in [7, 11) is 2.69. The summed E-state index contributed by atoms with van der Waals surface area (Å²) in [5.41, 5.74) is 2.02. The second-order valence-electron chi connectivity index (χ2n) is 7.96. The van der Waals surface area contributed by atoms with Gasteiger partial charge in [0.1, 0.15) is 6.04 Å². The Hall–Kier alpha value is -3.44. The van der Waals surface area contributed by atoms with Gasteiger partial charge in [-0.2, -0.15) is 13.2 Å². The van der Waals surface area contributed by atoms with Gasteiger partial charge in [0.05, 0.1) is 19.2 Å². The zero-order valence-electron chi connectivity index (χ0n) is 20.0.